The molecule has 0 radical (unpaired) electrons. The van der Waals surface area contributed by atoms with Crippen molar-refractivity contribution in [3.05, 3.63) is 29.3 Å². The van der Waals surface area contributed by atoms with Crippen LogP contribution in [0.1, 0.15) is 12.8 Å². The minimum Gasteiger partial charge on any atom is -0.490 e. The third-order valence-electron chi connectivity index (χ3n) is 2.91. The minimum atomic E-state index is -0.0136. The molecule has 98 valence electrons. The lowest BCUT2D eigenvalue weighted by Gasteiger charge is -2.21. The van der Waals surface area contributed by atoms with Crippen molar-refractivity contribution in [1.29, 1.82) is 0 Å². The van der Waals surface area contributed by atoms with Crippen LogP contribution < -0.4 is 10.5 Å². The Morgan fingerprint density at radius 2 is 2.17 bits per heavy atom. The molecule has 1 aliphatic rings. The summed E-state index contributed by atoms with van der Waals surface area (Å²) in [5.41, 5.74) is 5.39. The molecule has 4 nitrogen and oxygen atoms in total. The Bertz CT molecular complexity index is 421. The van der Waals surface area contributed by atoms with Gasteiger partial charge in [0.2, 0.25) is 5.91 Å². The number of benzene rings is 1. The van der Waals surface area contributed by atoms with Gasteiger partial charge in [-0.1, -0.05) is 23.7 Å². The summed E-state index contributed by atoms with van der Waals surface area (Å²) < 4.78 is 5.57. The van der Waals surface area contributed by atoms with Gasteiger partial charge in [0.1, 0.15) is 12.4 Å². The highest BCUT2D eigenvalue weighted by Crippen LogP contribution is 2.27. The quantitative estimate of drug-likeness (QED) is 0.854. The van der Waals surface area contributed by atoms with E-state index < -0.39 is 0 Å². The summed E-state index contributed by atoms with van der Waals surface area (Å²) in [5, 5.41) is 0.584. The van der Waals surface area contributed by atoms with Crippen molar-refractivity contribution < 1.29 is 9.53 Å². The van der Waals surface area contributed by atoms with E-state index in [0.29, 0.717) is 30.0 Å². The molecule has 1 fully saturated rings. The van der Waals surface area contributed by atoms with Gasteiger partial charge in [0.05, 0.1) is 18.1 Å². The number of para-hydroxylation sites is 1. The first-order valence-electron chi connectivity index (χ1n) is 6.09. The zero-order valence-electron chi connectivity index (χ0n) is 10.1. The van der Waals surface area contributed by atoms with Crippen LogP contribution in [0.5, 0.6) is 5.75 Å². The molecule has 1 aromatic rings. The summed E-state index contributed by atoms with van der Waals surface area (Å²) in [6, 6.07) is 7.67. The van der Waals surface area contributed by atoms with E-state index in [9.17, 15) is 4.79 Å². The van der Waals surface area contributed by atoms with Crippen molar-refractivity contribution in [2.75, 3.05) is 19.7 Å². The molecular formula is C13H17ClN2O2. The summed E-state index contributed by atoms with van der Waals surface area (Å²) in [4.78, 5) is 13.4. The van der Waals surface area contributed by atoms with E-state index in [1.807, 2.05) is 18.2 Å². The van der Waals surface area contributed by atoms with Gasteiger partial charge in [0.25, 0.3) is 0 Å². The maximum Gasteiger partial charge on any atom is 0.236 e. The van der Waals surface area contributed by atoms with E-state index >= 15 is 0 Å². The predicted molar refractivity (Wildman–Crippen MR) is 70.7 cm³/mol. The summed E-state index contributed by atoms with van der Waals surface area (Å²) in [7, 11) is 0. The van der Waals surface area contributed by atoms with Gasteiger partial charge in [0, 0.05) is 6.04 Å². The lowest BCUT2D eigenvalue weighted by Crippen LogP contribution is -2.40. The van der Waals surface area contributed by atoms with Crippen LogP contribution in [0.2, 0.25) is 5.02 Å². The number of nitrogens with zero attached hydrogens (tertiary/aromatic N) is 1. The molecule has 0 heterocycles. The average Bonchev–Trinajstić information content (AvgIpc) is 3.20. The molecule has 0 aliphatic heterocycles. The van der Waals surface area contributed by atoms with Crippen LogP contribution in [-0.4, -0.2) is 36.5 Å². The predicted octanol–water partition coefficient (Wildman–Crippen LogP) is 1.67. The van der Waals surface area contributed by atoms with Crippen molar-refractivity contribution in [1.82, 2.24) is 4.90 Å². The number of carbonyl (C=O) groups is 1. The van der Waals surface area contributed by atoms with E-state index in [1.165, 1.54) is 0 Å². The lowest BCUT2D eigenvalue weighted by atomic mass is 10.3. The number of nitrogens with two attached hydrogens (primary N) is 1. The molecule has 1 aliphatic carbocycles. The number of hydrogen-bond donors (Lipinski definition) is 1. The monoisotopic (exact) mass is 268 g/mol. The van der Waals surface area contributed by atoms with E-state index in [0.717, 1.165) is 12.8 Å². The van der Waals surface area contributed by atoms with Crippen LogP contribution in [0.25, 0.3) is 0 Å². The fraction of sp³-hybridized carbons (Fsp3) is 0.462. The Labute approximate surface area is 112 Å². The Kier molecular flexibility index (Phi) is 4.44. The smallest absolute Gasteiger partial charge is 0.236 e. The first-order valence-corrected chi connectivity index (χ1v) is 6.47. The van der Waals surface area contributed by atoms with Crippen molar-refractivity contribution in [3.63, 3.8) is 0 Å². The van der Waals surface area contributed by atoms with Crippen molar-refractivity contribution in [3.8, 4) is 5.75 Å². The number of rotatable bonds is 6. The molecule has 0 bridgehead atoms. The number of halogens is 1. The van der Waals surface area contributed by atoms with Gasteiger partial charge in [-0.2, -0.15) is 0 Å². The zero-order chi connectivity index (χ0) is 13.0. The Morgan fingerprint density at radius 1 is 1.44 bits per heavy atom. The van der Waals surface area contributed by atoms with Gasteiger partial charge < -0.3 is 15.4 Å². The van der Waals surface area contributed by atoms with Crippen molar-refractivity contribution in [2.45, 2.75) is 18.9 Å². The topological polar surface area (TPSA) is 55.6 Å². The Morgan fingerprint density at radius 3 is 2.78 bits per heavy atom. The molecule has 1 saturated carbocycles. The lowest BCUT2D eigenvalue weighted by molar-refractivity contribution is -0.130. The molecule has 0 unspecified atom stereocenters. The normalized spacial score (nSPS) is 14.3. The molecule has 18 heavy (non-hydrogen) atoms. The number of hydrogen-bond acceptors (Lipinski definition) is 3. The second-order valence-corrected chi connectivity index (χ2v) is 4.71. The summed E-state index contributed by atoms with van der Waals surface area (Å²) in [6.07, 6.45) is 2.13. The summed E-state index contributed by atoms with van der Waals surface area (Å²) >= 11 is 5.98. The SMILES string of the molecule is NCC(=O)N(CCOc1ccccc1Cl)C1CC1. The van der Waals surface area contributed by atoms with Crippen LogP contribution in [0.15, 0.2) is 24.3 Å². The summed E-state index contributed by atoms with van der Waals surface area (Å²) in [6.45, 7) is 1.06. The van der Waals surface area contributed by atoms with Gasteiger partial charge in [-0.05, 0) is 25.0 Å². The highest BCUT2D eigenvalue weighted by Gasteiger charge is 2.31. The molecule has 0 aromatic heterocycles. The molecule has 2 rings (SSSR count). The second-order valence-electron chi connectivity index (χ2n) is 4.30. The maximum absolute atomic E-state index is 11.6. The Balaban J connectivity index is 1.83. The standard InChI is InChI=1S/C13H17ClN2O2/c14-11-3-1-2-4-12(11)18-8-7-16(10-5-6-10)13(17)9-15/h1-4,10H,5-9,15H2. The van der Waals surface area contributed by atoms with Crippen LogP contribution >= 0.6 is 11.6 Å². The van der Waals surface area contributed by atoms with Gasteiger partial charge in [-0.3, -0.25) is 4.79 Å². The third-order valence-corrected chi connectivity index (χ3v) is 3.22. The van der Waals surface area contributed by atoms with Crippen molar-refractivity contribution >= 4 is 17.5 Å². The van der Waals surface area contributed by atoms with Crippen LogP contribution in [0, 0.1) is 0 Å². The minimum absolute atomic E-state index is 0.0136. The zero-order valence-corrected chi connectivity index (χ0v) is 10.9. The third kappa shape index (κ3) is 3.37. The summed E-state index contributed by atoms with van der Waals surface area (Å²) in [5.74, 6) is 0.635. The van der Waals surface area contributed by atoms with E-state index in [1.54, 1.807) is 11.0 Å². The molecule has 0 atom stereocenters. The molecule has 2 N–H and O–H groups in total. The highest BCUT2D eigenvalue weighted by atomic mass is 35.5. The highest BCUT2D eigenvalue weighted by molar-refractivity contribution is 6.32. The molecule has 5 heteroatoms. The number of carbonyl (C=O) groups excluding carboxylic acids is 1. The van der Waals surface area contributed by atoms with E-state index in [2.05, 4.69) is 0 Å². The fourth-order valence-corrected chi connectivity index (χ4v) is 2.02. The van der Waals surface area contributed by atoms with Gasteiger partial charge in [-0.15, -0.1) is 0 Å². The van der Waals surface area contributed by atoms with E-state index in [4.69, 9.17) is 22.1 Å². The van der Waals surface area contributed by atoms with Crippen molar-refractivity contribution in [2.24, 2.45) is 5.73 Å². The number of ether oxygens (including phenoxy) is 1. The second kappa shape index (κ2) is 6.07. The average molecular weight is 269 g/mol. The molecule has 1 aromatic carbocycles. The van der Waals surface area contributed by atoms with E-state index in [-0.39, 0.29) is 12.5 Å². The van der Waals surface area contributed by atoms with Gasteiger partial charge >= 0.3 is 0 Å². The van der Waals surface area contributed by atoms with Crippen LogP contribution in [-0.2, 0) is 4.79 Å². The largest absolute Gasteiger partial charge is 0.490 e. The van der Waals surface area contributed by atoms with Crippen LogP contribution in [0.4, 0.5) is 0 Å². The van der Waals surface area contributed by atoms with Gasteiger partial charge in [0.15, 0.2) is 0 Å². The van der Waals surface area contributed by atoms with Gasteiger partial charge in [-0.25, -0.2) is 0 Å². The molecular weight excluding hydrogens is 252 g/mol. The van der Waals surface area contributed by atoms with Crippen LogP contribution in [0.3, 0.4) is 0 Å². The Hall–Kier alpha value is -1.26. The fourth-order valence-electron chi connectivity index (χ4n) is 1.83. The molecule has 0 spiro atoms. The molecule has 0 saturated heterocycles. The first-order chi connectivity index (χ1) is 8.72. The maximum atomic E-state index is 11.6. The number of amides is 1. The first kappa shape index (κ1) is 13.2. The molecule has 1 amide bonds.